The molecule has 0 aromatic heterocycles. The van der Waals surface area contributed by atoms with Crippen LogP contribution in [-0.2, 0) is 16.4 Å². The monoisotopic (exact) mass is 316 g/mol. The van der Waals surface area contributed by atoms with Crippen LogP contribution in [0.15, 0.2) is 58.5 Å². The number of rotatable bonds is 5. The summed E-state index contributed by atoms with van der Waals surface area (Å²) in [6.45, 7) is 5.77. The van der Waals surface area contributed by atoms with E-state index in [-0.39, 0.29) is 4.90 Å². The first-order valence-electron chi connectivity index (χ1n) is 7.14. The van der Waals surface area contributed by atoms with Crippen LogP contribution in [0, 0.1) is 6.92 Å². The quantitative estimate of drug-likeness (QED) is 0.680. The molecule has 2 aromatic carbocycles. The number of hydrazone groups is 1. The average Bonchev–Trinajstić information content (AvgIpc) is 2.53. The van der Waals surface area contributed by atoms with Crippen LogP contribution in [0.1, 0.15) is 30.5 Å². The van der Waals surface area contributed by atoms with E-state index in [1.807, 2.05) is 31.2 Å². The standard InChI is InChI=1S/C17H20N2O2S/c1-4-15-7-9-16(10-8-15)14(3)18-19-22(20,21)17-11-5-13(2)6-12-17/h5-12,19H,4H2,1-3H3/b18-14-. The van der Waals surface area contributed by atoms with Gasteiger partial charge >= 0.3 is 0 Å². The van der Waals surface area contributed by atoms with Gasteiger partial charge in [0, 0.05) is 0 Å². The average molecular weight is 316 g/mol. The summed E-state index contributed by atoms with van der Waals surface area (Å²) in [5.74, 6) is 0. The summed E-state index contributed by atoms with van der Waals surface area (Å²) in [4.78, 5) is 2.49. The summed E-state index contributed by atoms with van der Waals surface area (Å²) in [7, 11) is -3.63. The van der Waals surface area contributed by atoms with Crippen LogP contribution in [0.5, 0.6) is 0 Å². The van der Waals surface area contributed by atoms with E-state index in [0.29, 0.717) is 5.71 Å². The highest BCUT2D eigenvalue weighted by molar-refractivity contribution is 7.89. The van der Waals surface area contributed by atoms with Gasteiger partial charge in [-0.25, -0.2) is 0 Å². The van der Waals surface area contributed by atoms with Gasteiger partial charge in [0.2, 0.25) is 0 Å². The third-order valence-electron chi connectivity index (χ3n) is 3.44. The molecule has 0 atom stereocenters. The molecule has 0 spiro atoms. The van der Waals surface area contributed by atoms with Crippen LogP contribution in [0.25, 0.3) is 0 Å². The molecule has 22 heavy (non-hydrogen) atoms. The molecule has 0 aliphatic rings. The first kappa shape index (κ1) is 16.2. The Morgan fingerprint density at radius 3 is 2.18 bits per heavy atom. The molecule has 0 unspecified atom stereocenters. The van der Waals surface area contributed by atoms with Gasteiger partial charge in [-0.1, -0.05) is 48.9 Å². The van der Waals surface area contributed by atoms with Crippen molar-refractivity contribution in [3.05, 3.63) is 65.2 Å². The molecule has 2 rings (SSSR count). The lowest BCUT2D eigenvalue weighted by Gasteiger charge is -2.06. The summed E-state index contributed by atoms with van der Waals surface area (Å²) in [5, 5.41) is 4.00. The lowest BCUT2D eigenvalue weighted by atomic mass is 10.1. The highest BCUT2D eigenvalue weighted by Crippen LogP contribution is 2.10. The number of sulfonamides is 1. The fraction of sp³-hybridized carbons (Fsp3) is 0.235. The van der Waals surface area contributed by atoms with Crippen LogP contribution in [0.3, 0.4) is 0 Å². The molecule has 0 fully saturated rings. The van der Waals surface area contributed by atoms with Gasteiger partial charge in [-0.05, 0) is 43.5 Å². The van der Waals surface area contributed by atoms with Crippen LogP contribution >= 0.6 is 0 Å². The second kappa shape index (κ2) is 6.75. The number of aryl methyl sites for hydroxylation is 2. The first-order valence-corrected chi connectivity index (χ1v) is 8.63. The predicted octanol–water partition coefficient (Wildman–Crippen LogP) is 3.26. The summed E-state index contributed by atoms with van der Waals surface area (Å²) < 4.78 is 24.3. The molecule has 0 bridgehead atoms. The lowest BCUT2D eigenvalue weighted by Crippen LogP contribution is -2.19. The Labute approximate surface area is 131 Å². The van der Waals surface area contributed by atoms with Crippen molar-refractivity contribution in [3.8, 4) is 0 Å². The SMILES string of the molecule is CCc1ccc(/C(C)=N\NS(=O)(=O)c2ccc(C)cc2)cc1. The van der Waals surface area contributed by atoms with Crippen molar-refractivity contribution in [2.75, 3.05) is 0 Å². The molecule has 0 saturated heterocycles. The maximum absolute atomic E-state index is 12.2. The van der Waals surface area contributed by atoms with Crippen molar-refractivity contribution in [1.29, 1.82) is 0 Å². The van der Waals surface area contributed by atoms with Gasteiger partial charge in [-0.3, -0.25) is 0 Å². The van der Waals surface area contributed by atoms with E-state index in [4.69, 9.17) is 0 Å². The molecule has 0 aliphatic heterocycles. The van der Waals surface area contributed by atoms with E-state index in [0.717, 1.165) is 17.5 Å². The second-order valence-electron chi connectivity index (χ2n) is 5.16. The molecule has 0 radical (unpaired) electrons. The Morgan fingerprint density at radius 1 is 1.05 bits per heavy atom. The molecule has 4 nitrogen and oxygen atoms in total. The molecule has 2 aromatic rings. The van der Waals surface area contributed by atoms with Gasteiger partial charge in [0.05, 0.1) is 10.6 Å². The molecule has 5 heteroatoms. The molecular formula is C17H20N2O2S. The van der Waals surface area contributed by atoms with Crippen molar-refractivity contribution in [1.82, 2.24) is 4.83 Å². The maximum Gasteiger partial charge on any atom is 0.276 e. The zero-order valence-corrected chi connectivity index (χ0v) is 13.8. The van der Waals surface area contributed by atoms with Crippen molar-refractivity contribution >= 4 is 15.7 Å². The summed E-state index contributed by atoms with van der Waals surface area (Å²) in [5.41, 5.74) is 3.76. The molecule has 0 amide bonds. The Kier molecular flexibility index (Phi) is 4.98. The topological polar surface area (TPSA) is 58.5 Å². The van der Waals surface area contributed by atoms with Gasteiger partial charge in [-0.15, -0.1) is 0 Å². The van der Waals surface area contributed by atoms with Gasteiger partial charge in [0.15, 0.2) is 0 Å². The van der Waals surface area contributed by atoms with Crippen molar-refractivity contribution in [2.45, 2.75) is 32.1 Å². The Bertz CT molecular complexity index is 761. The number of benzene rings is 2. The van der Waals surface area contributed by atoms with E-state index in [9.17, 15) is 8.42 Å². The largest absolute Gasteiger partial charge is 0.276 e. The van der Waals surface area contributed by atoms with Crippen molar-refractivity contribution < 1.29 is 8.42 Å². The third-order valence-corrected chi connectivity index (χ3v) is 4.67. The van der Waals surface area contributed by atoms with E-state index in [1.54, 1.807) is 31.2 Å². The molecule has 0 saturated carbocycles. The van der Waals surface area contributed by atoms with Crippen LogP contribution in [0.2, 0.25) is 0 Å². The minimum atomic E-state index is -3.63. The third kappa shape index (κ3) is 3.95. The molecule has 1 N–H and O–H groups in total. The van der Waals surface area contributed by atoms with E-state index < -0.39 is 10.0 Å². The fourth-order valence-electron chi connectivity index (χ4n) is 1.94. The first-order chi connectivity index (χ1) is 10.4. The van der Waals surface area contributed by atoms with Crippen LogP contribution in [0.4, 0.5) is 0 Å². The van der Waals surface area contributed by atoms with E-state index >= 15 is 0 Å². The zero-order chi connectivity index (χ0) is 16.2. The highest BCUT2D eigenvalue weighted by Gasteiger charge is 2.12. The lowest BCUT2D eigenvalue weighted by molar-refractivity contribution is 0.584. The minimum absolute atomic E-state index is 0.205. The highest BCUT2D eigenvalue weighted by atomic mass is 32.2. The summed E-state index contributed by atoms with van der Waals surface area (Å²) in [6.07, 6.45) is 0.969. The Hall–Kier alpha value is -2.14. The summed E-state index contributed by atoms with van der Waals surface area (Å²) >= 11 is 0. The number of nitrogens with zero attached hydrogens (tertiary/aromatic N) is 1. The van der Waals surface area contributed by atoms with Gasteiger partial charge < -0.3 is 0 Å². The molecular weight excluding hydrogens is 296 g/mol. The maximum atomic E-state index is 12.2. The van der Waals surface area contributed by atoms with Gasteiger partial charge in [-0.2, -0.15) is 18.4 Å². The number of nitrogens with one attached hydrogen (secondary N) is 1. The molecule has 0 aliphatic carbocycles. The predicted molar refractivity (Wildman–Crippen MR) is 89.5 cm³/mol. The van der Waals surface area contributed by atoms with E-state index in [1.165, 1.54) is 5.56 Å². The number of hydrogen-bond acceptors (Lipinski definition) is 3. The van der Waals surface area contributed by atoms with Crippen LogP contribution in [-0.4, -0.2) is 14.1 Å². The van der Waals surface area contributed by atoms with Gasteiger partial charge in [0.1, 0.15) is 0 Å². The van der Waals surface area contributed by atoms with Crippen molar-refractivity contribution in [3.63, 3.8) is 0 Å². The van der Waals surface area contributed by atoms with Crippen LogP contribution < -0.4 is 4.83 Å². The Balaban J connectivity index is 2.16. The van der Waals surface area contributed by atoms with Gasteiger partial charge in [0.25, 0.3) is 10.0 Å². The minimum Gasteiger partial charge on any atom is -0.200 e. The fourth-order valence-corrected chi connectivity index (χ4v) is 2.80. The molecule has 116 valence electrons. The van der Waals surface area contributed by atoms with Crippen molar-refractivity contribution in [2.24, 2.45) is 5.10 Å². The smallest absolute Gasteiger partial charge is 0.200 e. The van der Waals surface area contributed by atoms with E-state index in [2.05, 4.69) is 16.9 Å². The molecule has 0 heterocycles. The number of hydrogen-bond donors (Lipinski definition) is 1. The zero-order valence-electron chi connectivity index (χ0n) is 13.0. The normalized spacial score (nSPS) is 12.2. The Morgan fingerprint density at radius 2 is 1.64 bits per heavy atom. The second-order valence-corrected chi connectivity index (χ2v) is 6.82. The summed E-state index contributed by atoms with van der Waals surface area (Å²) in [6, 6.07) is 14.6.